The van der Waals surface area contributed by atoms with Crippen LogP contribution < -0.4 is 15.0 Å². The normalized spacial score (nSPS) is 10.7. The number of rotatable bonds is 12. The number of carbonyl (C=O) groups is 1. The van der Waals surface area contributed by atoms with Gasteiger partial charge < -0.3 is 15.0 Å². The number of benzene rings is 2. The van der Waals surface area contributed by atoms with Crippen LogP contribution in [-0.4, -0.2) is 47.9 Å². The van der Waals surface area contributed by atoms with Gasteiger partial charge in [-0.3, -0.25) is 9.48 Å². The number of methoxy groups -OCH3 is 1. The maximum atomic E-state index is 13.5. The number of hydrogen-bond acceptors (Lipinski definition) is 5. The van der Waals surface area contributed by atoms with Gasteiger partial charge in [0.1, 0.15) is 17.4 Å². The molecule has 0 atom stereocenters. The van der Waals surface area contributed by atoms with Crippen LogP contribution in [0.4, 0.5) is 10.2 Å². The van der Waals surface area contributed by atoms with Crippen molar-refractivity contribution in [1.82, 2.24) is 20.1 Å². The number of pyridine rings is 1. The van der Waals surface area contributed by atoms with Crippen molar-refractivity contribution < 1.29 is 13.9 Å². The van der Waals surface area contributed by atoms with Crippen molar-refractivity contribution >= 4 is 12.2 Å². The lowest BCUT2D eigenvalue weighted by Gasteiger charge is -2.23. The lowest BCUT2D eigenvalue weighted by Crippen LogP contribution is -2.33. The van der Waals surface area contributed by atoms with Gasteiger partial charge in [-0.15, -0.1) is 0 Å². The molecule has 2 aromatic heterocycles. The summed E-state index contributed by atoms with van der Waals surface area (Å²) < 4.78 is 20.8. The van der Waals surface area contributed by atoms with Gasteiger partial charge >= 0.3 is 0 Å². The molecule has 0 aliphatic rings. The fourth-order valence-corrected chi connectivity index (χ4v) is 3.92. The summed E-state index contributed by atoms with van der Waals surface area (Å²) in [6.45, 7) is 2.59. The predicted molar refractivity (Wildman–Crippen MR) is 135 cm³/mol. The molecular weight excluding hydrogens is 445 g/mol. The molecule has 1 N–H and O–H groups in total. The summed E-state index contributed by atoms with van der Waals surface area (Å²) in [5, 5.41) is 7.56. The topological polar surface area (TPSA) is 72.3 Å². The van der Waals surface area contributed by atoms with E-state index in [-0.39, 0.29) is 5.82 Å². The van der Waals surface area contributed by atoms with E-state index in [4.69, 9.17) is 9.84 Å². The molecule has 35 heavy (non-hydrogen) atoms. The molecule has 0 radical (unpaired) electrons. The van der Waals surface area contributed by atoms with E-state index in [1.807, 2.05) is 53.2 Å². The molecule has 2 heterocycles. The average Bonchev–Trinajstić information content (AvgIpc) is 3.33. The fraction of sp³-hybridized carbons (Fsp3) is 0.222. The highest BCUT2D eigenvalue weighted by atomic mass is 19.1. The zero-order valence-corrected chi connectivity index (χ0v) is 19.6. The van der Waals surface area contributed by atoms with Crippen molar-refractivity contribution in [1.29, 1.82) is 0 Å². The van der Waals surface area contributed by atoms with E-state index < -0.39 is 0 Å². The molecule has 0 spiro atoms. The third kappa shape index (κ3) is 6.23. The molecule has 0 fully saturated rings. The Balaban J connectivity index is 1.57. The van der Waals surface area contributed by atoms with Crippen LogP contribution >= 0.6 is 0 Å². The van der Waals surface area contributed by atoms with Crippen LogP contribution in [0.3, 0.4) is 0 Å². The van der Waals surface area contributed by atoms with Gasteiger partial charge in [0.05, 0.1) is 18.5 Å². The molecule has 0 bridgehead atoms. The van der Waals surface area contributed by atoms with Crippen molar-refractivity contribution in [3.8, 4) is 28.3 Å². The van der Waals surface area contributed by atoms with Crippen molar-refractivity contribution in [2.75, 3.05) is 31.6 Å². The Hall–Kier alpha value is -4.20. The van der Waals surface area contributed by atoms with Crippen molar-refractivity contribution in [2.45, 2.75) is 13.0 Å². The second kappa shape index (κ2) is 11.8. The van der Waals surface area contributed by atoms with Gasteiger partial charge in [-0.2, -0.15) is 5.10 Å². The molecule has 1 amide bonds. The number of hydrogen-bond donors (Lipinski definition) is 1. The van der Waals surface area contributed by atoms with Gasteiger partial charge in [-0.1, -0.05) is 18.2 Å². The zero-order valence-electron chi connectivity index (χ0n) is 19.6. The van der Waals surface area contributed by atoms with Crippen LogP contribution in [0.25, 0.3) is 22.5 Å². The van der Waals surface area contributed by atoms with Crippen LogP contribution in [0.15, 0.2) is 79.0 Å². The van der Waals surface area contributed by atoms with E-state index >= 15 is 0 Å². The summed E-state index contributed by atoms with van der Waals surface area (Å²) in [7, 11) is 1.64. The Morgan fingerprint density at radius 1 is 1.03 bits per heavy atom. The Morgan fingerprint density at radius 2 is 1.89 bits per heavy atom. The lowest BCUT2D eigenvalue weighted by atomic mass is 10.1. The number of ether oxygens (including phenoxy) is 1. The zero-order chi connectivity index (χ0) is 24.5. The van der Waals surface area contributed by atoms with Crippen molar-refractivity contribution in [2.24, 2.45) is 0 Å². The van der Waals surface area contributed by atoms with Crippen LogP contribution in [-0.2, 0) is 11.3 Å². The molecule has 0 aliphatic heterocycles. The summed E-state index contributed by atoms with van der Waals surface area (Å²) in [6.07, 6.45) is 3.27. The van der Waals surface area contributed by atoms with E-state index in [1.165, 1.54) is 12.1 Å². The molecule has 0 aliphatic carbocycles. The Morgan fingerprint density at radius 3 is 2.63 bits per heavy atom. The van der Waals surface area contributed by atoms with Crippen molar-refractivity contribution in [3.63, 3.8) is 0 Å². The number of halogens is 1. The van der Waals surface area contributed by atoms with E-state index in [0.717, 1.165) is 47.0 Å². The molecule has 2 aromatic carbocycles. The van der Waals surface area contributed by atoms with Crippen LogP contribution in [0.2, 0.25) is 0 Å². The molecule has 7 nitrogen and oxygen atoms in total. The number of nitrogens with one attached hydrogen (secondary N) is 1. The summed E-state index contributed by atoms with van der Waals surface area (Å²) >= 11 is 0. The highest BCUT2D eigenvalue weighted by Gasteiger charge is 2.14. The quantitative estimate of drug-likeness (QED) is 0.244. The molecule has 8 heteroatoms. The molecule has 0 saturated heterocycles. The Kier molecular flexibility index (Phi) is 8.06. The number of aromatic nitrogens is 3. The second-order valence-corrected chi connectivity index (χ2v) is 7.98. The van der Waals surface area contributed by atoms with Gasteiger partial charge in [-0.25, -0.2) is 9.37 Å². The van der Waals surface area contributed by atoms with Crippen molar-refractivity contribution in [3.05, 3.63) is 84.8 Å². The first-order valence-electron chi connectivity index (χ1n) is 11.5. The van der Waals surface area contributed by atoms with Gasteiger partial charge in [-0.05, 0) is 61.0 Å². The third-order valence-corrected chi connectivity index (χ3v) is 5.67. The number of anilines is 1. The van der Waals surface area contributed by atoms with E-state index in [1.54, 1.807) is 25.4 Å². The van der Waals surface area contributed by atoms with Gasteiger partial charge in [0.15, 0.2) is 0 Å². The Labute approximate surface area is 204 Å². The summed E-state index contributed by atoms with van der Waals surface area (Å²) in [6, 6.07) is 22.0. The van der Waals surface area contributed by atoms with E-state index in [2.05, 4.69) is 15.2 Å². The second-order valence-electron chi connectivity index (χ2n) is 7.98. The number of carbonyl (C=O) groups excluding carboxylic acids is 1. The smallest absolute Gasteiger partial charge is 0.207 e. The summed E-state index contributed by atoms with van der Waals surface area (Å²) in [5.41, 5.74) is 3.57. The largest absolute Gasteiger partial charge is 0.497 e. The average molecular weight is 474 g/mol. The van der Waals surface area contributed by atoms with Crippen LogP contribution in [0.1, 0.15) is 6.42 Å². The predicted octanol–water partition coefficient (Wildman–Crippen LogP) is 4.40. The first-order valence-corrected chi connectivity index (χ1v) is 11.5. The lowest BCUT2D eigenvalue weighted by molar-refractivity contribution is -0.109. The molecule has 0 saturated carbocycles. The van der Waals surface area contributed by atoms with Gasteiger partial charge in [0.2, 0.25) is 6.41 Å². The number of aryl methyl sites for hydroxylation is 1. The number of amides is 1. The van der Waals surface area contributed by atoms with Crippen LogP contribution in [0, 0.1) is 5.82 Å². The standard InChI is InChI=1S/C27H28FN5O2/c1-35-24-7-4-6-22(18-24)26-19-25(21-9-11-23(28)12-10-21)31-33(26)16-5-15-32(17-14-29-20-34)27-8-2-3-13-30-27/h2-4,6-13,18-20H,5,14-17H2,1H3,(H,29,34). The number of nitrogens with zero attached hydrogens (tertiary/aromatic N) is 4. The summed E-state index contributed by atoms with van der Waals surface area (Å²) in [4.78, 5) is 17.3. The van der Waals surface area contributed by atoms with E-state index in [0.29, 0.717) is 26.0 Å². The highest BCUT2D eigenvalue weighted by molar-refractivity contribution is 5.69. The molecule has 4 aromatic rings. The molecular formula is C27H28FN5O2. The first kappa shape index (κ1) is 23.9. The minimum Gasteiger partial charge on any atom is -0.497 e. The highest BCUT2D eigenvalue weighted by Crippen LogP contribution is 2.29. The maximum absolute atomic E-state index is 13.5. The molecule has 180 valence electrons. The minimum atomic E-state index is -0.278. The van der Waals surface area contributed by atoms with E-state index in [9.17, 15) is 9.18 Å². The third-order valence-electron chi connectivity index (χ3n) is 5.67. The van der Waals surface area contributed by atoms with Gasteiger partial charge in [0, 0.05) is 43.5 Å². The summed E-state index contributed by atoms with van der Waals surface area (Å²) in [5.74, 6) is 1.35. The monoisotopic (exact) mass is 473 g/mol. The Bertz CT molecular complexity index is 1230. The SMILES string of the molecule is COc1cccc(-c2cc(-c3ccc(F)cc3)nn2CCCN(CCNC=O)c2ccccn2)c1. The first-order chi connectivity index (χ1) is 17.2. The minimum absolute atomic E-state index is 0.278. The van der Waals surface area contributed by atoms with Gasteiger partial charge in [0.25, 0.3) is 0 Å². The fourth-order valence-electron chi connectivity index (χ4n) is 3.92. The van der Waals surface area contributed by atoms with Crippen LogP contribution in [0.5, 0.6) is 5.75 Å². The molecule has 4 rings (SSSR count). The maximum Gasteiger partial charge on any atom is 0.207 e. The molecule has 0 unspecified atom stereocenters.